The van der Waals surface area contributed by atoms with Crippen LogP contribution in [0, 0.1) is 3.70 Å². The molecule has 1 aromatic rings. The molecule has 0 aliphatic rings. The molecule has 0 spiro atoms. The fourth-order valence-electron chi connectivity index (χ4n) is 0.858. The third kappa shape index (κ3) is 3.32. The van der Waals surface area contributed by atoms with Crippen molar-refractivity contribution >= 4 is 22.6 Å². The number of alkyl halides is 5. The molecular formula is C7H3F5INO2. The first-order valence-electron chi connectivity index (χ1n) is 3.64. The van der Waals surface area contributed by atoms with Crippen LogP contribution in [0.15, 0.2) is 6.07 Å². The van der Waals surface area contributed by atoms with Gasteiger partial charge in [-0.15, -0.1) is 13.2 Å². The highest BCUT2D eigenvalue weighted by Gasteiger charge is 2.34. The second kappa shape index (κ2) is 4.55. The van der Waals surface area contributed by atoms with E-state index in [4.69, 9.17) is 5.11 Å². The number of nitrogens with zero attached hydrogens (tertiary/aromatic N) is 1. The van der Waals surface area contributed by atoms with Crippen molar-refractivity contribution in [3.8, 4) is 11.5 Å². The van der Waals surface area contributed by atoms with Crippen LogP contribution in [0.2, 0.25) is 0 Å². The summed E-state index contributed by atoms with van der Waals surface area (Å²) in [5, 5.41) is 9.08. The first-order valence-corrected chi connectivity index (χ1v) is 4.72. The SMILES string of the molecule is Oc1c(OC(F)(F)F)cc(I)nc1C(F)F. The first kappa shape index (κ1) is 13.2. The molecule has 9 heteroatoms. The number of hydrogen-bond donors (Lipinski definition) is 1. The molecule has 90 valence electrons. The Morgan fingerprint density at radius 2 is 1.94 bits per heavy atom. The van der Waals surface area contributed by atoms with Gasteiger partial charge in [-0.1, -0.05) is 0 Å². The Bertz CT molecular complexity index is 395. The van der Waals surface area contributed by atoms with E-state index in [1.54, 1.807) is 0 Å². The van der Waals surface area contributed by atoms with Crippen LogP contribution in [0.4, 0.5) is 22.0 Å². The van der Waals surface area contributed by atoms with Gasteiger partial charge in [0.05, 0.1) is 0 Å². The maximum absolute atomic E-state index is 12.3. The summed E-state index contributed by atoms with van der Waals surface area (Å²) in [6, 6.07) is 0.704. The lowest BCUT2D eigenvalue weighted by atomic mass is 10.3. The van der Waals surface area contributed by atoms with Crippen LogP contribution in [0.25, 0.3) is 0 Å². The highest BCUT2D eigenvalue weighted by molar-refractivity contribution is 14.1. The molecule has 0 atom stereocenters. The molecule has 0 amide bonds. The summed E-state index contributed by atoms with van der Waals surface area (Å²) < 4.78 is 63.3. The third-order valence-corrected chi connectivity index (χ3v) is 1.94. The second-order valence-electron chi connectivity index (χ2n) is 2.53. The van der Waals surface area contributed by atoms with Crippen LogP contribution in [0.5, 0.6) is 11.5 Å². The number of hydrogen-bond acceptors (Lipinski definition) is 3. The van der Waals surface area contributed by atoms with Crippen molar-refractivity contribution < 1.29 is 31.8 Å². The Morgan fingerprint density at radius 1 is 1.38 bits per heavy atom. The van der Waals surface area contributed by atoms with E-state index in [0.717, 1.165) is 0 Å². The molecule has 0 aliphatic carbocycles. The summed E-state index contributed by atoms with van der Waals surface area (Å²) in [4.78, 5) is 3.20. The van der Waals surface area contributed by atoms with Crippen molar-refractivity contribution in [3.63, 3.8) is 0 Å². The molecule has 0 saturated heterocycles. The Morgan fingerprint density at radius 3 is 2.38 bits per heavy atom. The molecule has 0 fully saturated rings. The summed E-state index contributed by atoms with van der Waals surface area (Å²) in [6.07, 6.45) is -8.26. The molecule has 1 heterocycles. The van der Waals surface area contributed by atoms with Gasteiger partial charge in [0.2, 0.25) is 0 Å². The molecular weight excluding hydrogens is 352 g/mol. The fraction of sp³-hybridized carbons (Fsp3) is 0.286. The number of aromatic hydroxyl groups is 1. The van der Waals surface area contributed by atoms with Crippen LogP contribution in [0.3, 0.4) is 0 Å². The Balaban J connectivity index is 3.19. The third-order valence-electron chi connectivity index (χ3n) is 1.39. The summed E-state index contributed by atoms with van der Waals surface area (Å²) in [6.45, 7) is 0. The molecule has 1 rings (SSSR count). The summed E-state index contributed by atoms with van der Waals surface area (Å²) >= 11 is 1.43. The normalized spacial score (nSPS) is 11.9. The van der Waals surface area contributed by atoms with Gasteiger partial charge in [0.15, 0.2) is 17.2 Å². The van der Waals surface area contributed by atoms with Crippen LogP contribution < -0.4 is 4.74 Å². The number of ether oxygens (including phenoxy) is 1. The first-order chi connectivity index (χ1) is 7.20. The molecule has 1 aromatic heterocycles. The highest BCUT2D eigenvalue weighted by atomic mass is 127. The monoisotopic (exact) mass is 355 g/mol. The predicted molar refractivity (Wildman–Crippen MR) is 50.3 cm³/mol. The lowest BCUT2D eigenvalue weighted by molar-refractivity contribution is -0.275. The van der Waals surface area contributed by atoms with Crippen molar-refractivity contribution in [2.45, 2.75) is 12.8 Å². The van der Waals surface area contributed by atoms with E-state index in [2.05, 4.69) is 9.72 Å². The minimum Gasteiger partial charge on any atom is -0.503 e. The van der Waals surface area contributed by atoms with Gasteiger partial charge in [-0.2, -0.15) is 0 Å². The van der Waals surface area contributed by atoms with Crippen LogP contribution in [0.1, 0.15) is 12.1 Å². The average Bonchev–Trinajstić information content (AvgIpc) is 2.07. The lowest BCUT2D eigenvalue weighted by Gasteiger charge is -2.12. The number of rotatable bonds is 2. The van der Waals surface area contributed by atoms with E-state index >= 15 is 0 Å². The van der Waals surface area contributed by atoms with Gasteiger partial charge >= 0.3 is 6.36 Å². The molecule has 0 unspecified atom stereocenters. The van der Waals surface area contributed by atoms with Crippen LogP contribution >= 0.6 is 22.6 Å². The zero-order valence-electron chi connectivity index (χ0n) is 7.23. The van der Waals surface area contributed by atoms with Gasteiger partial charge in [-0.25, -0.2) is 13.8 Å². The van der Waals surface area contributed by atoms with Crippen LogP contribution in [-0.4, -0.2) is 16.5 Å². The zero-order valence-corrected chi connectivity index (χ0v) is 9.38. The number of aromatic nitrogens is 1. The van der Waals surface area contributed by atoms with Gasteiger partial charge in [0.25, 0.3) is 6.43 Å². The highest BCUT2D eigenvalue weighted by Crippen LogP contribution is 2.38. The Kier molecular flexibility index (Phi) is 3.76. The van der Waals surface area contributed by atoms with E-state index < -0.39 is 30.0 Å². The molecule has 0 saturated carbocycles. The number of pyridine rings is 1. The van der Waals surface area contributed by atoms with Gasteiger partial charge < -0.3 is 9.84 Å². The molecule has 0 radical (unpaired) electrons. The Hall–Kier alpha value is -0.870. The van der Waals surface area contributed by atoms with Crippen molar-refractivity contribution in [1.29, 1.82) is 0 Å². The fourth-order valence-corrected chi connectivity index (χ4v) is 1.40. The van der Waals surface area contributed by atoms with Crippen molar-refractivity contribution in [3.05, 3.63) is 15.5 Å². The molecule has 1 N–H and O–H groups in total. The van der Waals surface area contributed by atoms with Crippen molar-refractivity contribution in [2.75, 3.05) is 0 Å². The molecule has 16 heavy (non-hydrogen) atoms. The second-order valence-corrected chi connectivity index (χ2v) is 3.63. The molecule has 3 nitrogen and oxygen atoms in total. The summed E-state index contributed by atoms with van der Waals surface area (Å²) in [7, 11) is 0. The Labute approximate surface area is 99.4 Å². The van der Waals surface area contributed by atoms with E-state index in [9.17, 15) is 22.0 Å². The maximum atomic E-state index is 12.3. The quantitative estimate of drug-likeness (QED) is 0.503. The minimum atomic E-state index is -5.07. The van der Waals surface area contributed by atoms with E-state index in [0.29, 0.717) is 6.07 Å². The molecule has 0 bridgehead atoms. The topological polar surface area (TPSA) is 42.4 Å². The molecule has 0 aromatic carbocycles. The zero-order chi connectivity index (χ0) is 12.5. The van der Waals surface area contributed by atoms with E-state index in [1.807, 2.05) is 0 Å². The number of halogens is 6. The van der Waals surface area contributed by atoms with Crippen molar-refractivity contribution in [1.82, 2.24) is 4.98 Å². The predicted octanol–water partition coefficient (Wildman–Crippen LogP) is 3.23. The van der Waals surface area contributed by atoms with Gasteiger partial charge in [-0.05, 0) is 22.6 Å². The maximum Gasteiger partial charge on any atom is 0.573 e. The smallest absolute Gasteiger partial charge is 0.503 e. The van der Waals surface area contributed by atoms with Crippen molar-refractivity contribution in [2.24, 2.45) is 0 Å². The van der Waals surface area contributed by atoms with E-state index in [-0.39, 0.29) is 3.70 Å². The summed E-state index contributed by atoms with van der Waals surface area (Å²) in [5.41, 5.74) is -1.15. The largest absolute Gasteiger partial charge is 0.573 e. The van der Waals surface area contributed by atoms with Gasteiger partial charge in [-0.3, -0.25) is 0 Å². The standard InChI is InChI=1S/C7H3F5INO2/c8-6(9)4-5(15)2(1-3(13)14-4)16-7(10,11)12/h1,6,15H. The van der Waals surface area contributed by atoms with Gasteiger partial charge in [0.1, 0.15) is 3.70 Å². The van der Waals surface area contributed by atoms with E-state index in [1.165, 1.54) is 22.6 Å². The van der Waals surface area contributed by atoms with Crippen LogP contribution in [-0.2, 0) is 0 Å². The lowest BCUT2D eigenvalue weighted by Crippen LogP contribution is -2.17. The van der Waals surface area contributed by atoms with Gasteiger partial charge in [0, 0.05) is 6.07 Å². The minimum absolute atomic E-state index is 0.148. The summed E-state index contributed by atoms with van der Waals surface area (Å²) in [5.74, 6) is -2.41. The average molecular weight is 355 g/mol. The molecule has 0 aliphatic heterocycles.